The average molecular weight is 298 g/mol. The van der Waals surface area contributed by atoms with Crippen LogP contribution in [0, 0.1) is 0 Å². The van der Waals surface area contributed by atoms with Crippen molar-refractivity contribution in [1.82, 2.24) is 29.8 Å². The smallest absolute Gasteiger partial charge is 0.244 e. The van der Waals surface area contributed by atoms with Crippen LogP contribution in [-0.4, -0.2) is 41.3 Å². The van der Waals surface area contributed by atoms with Crippen LogP contribution >= 0.6 is 0 Å². The van der Waals surface area contributed by atoms with E-state index in [4.69, 9.17) is 0 Å². The van der Waals surface area contributed by atoms with Crippen LogP contribution in [0.25, 0.3) is 0 Å². The summed E-state index contributed by atoms with van der Waals surface area (Å²) in [6.07, 6.45) is 5.94. The molecular weight excluding hydrogens is 280 g/mol. The maximum absolute atomic E-state index is 12.1. The third-order valence-electron chi connectivity index (χ3n) is 2.70. The van der Waals surface area contributed by atoms with Crippen molar-refractivity contribution in [2.45, 2.75) is 24.9 Å². The number of aromatic amines is 1. The second-order valence-electron chi connectivity index (χ2n) is 4.19. The minimum absolute atomic E-state index is 0.161. The first-order chi connectivity index (χ1) is 9.62. The van der Waals surface area contributed by atoms with Gasteiger partial charge in [0.2, 0.25) is 10.0 Å². The Kier molecular flexibility index (Phi) is 4.88. The largest absolute Gasteiger partial charge is 0.347 e. The van der Waals surface area contributed by atoms with E-state index < -0.39 is 10.0 Å². The van der Waals surface area contributed by atoms with Crippen LogP contribution < -0.4 is 10.0 Å². The van der Waals surface area contributed by atoms with E-state index in [1.807, 2.05) is 6.92 Å². The molecule has 0 spiro atoms. The van der Waals surface area contributed by atoms with E-state index in [1.165, 1.54) is 18.7 Å². The zero-order valence-corrected chi connectivity index (χ0v) is 12.0. The predicted molar refractivity (Wildman–Crippen MR) is 73.4 cm³/mol. The monoisotopic (exact) mass is 298 g/mol. The van der Waals surface area contributed by atoms with Crippen molar-refractivity contribution < 1.29 is 8.42 Å². The van der Waals surface area contributed by atoms with Crippen LogP contribution in [0.5, 0.6) is 0 Å². The lowest BCUT2D eigenvalue weighted by Crippen LogP contribution is -2.23. The Hall–Kier alpha value is -1.71. The lowest BCUT2D eigenvalue weighted by molar-refractivity contribution is 0.562. The van der Waals surface area contributed by atoms with Gasteiger partial charge in [0.25, 0.3) is 0 Å². The summed E-state index contributed by atoms with van der Waals surface area (Å²) in [6.45, 7) is 4.44. The van der Waals surface area contributed by atoms with Crippen molar-refractivity contribution in [2.24, 2.45) is 0 Å². The van der Waals surface area contributed by atoms with Crippen molar-refractivity contribution in [2.75, 3.05) is 13.1 Å². The summed E-state index contributed by atoms with van der Waals surface area (Å²) in [6, 6.07) is 0. The number of aromatic nitrogens is 4. The third-order valence-corrected chi connectivity index (χ3v) is 4.05. The van der Waals surface area contributed by atoms with E-state index in [1.54, 1.807) is 10.9 Å². The first-order valence-corrected chi connectivity index (χ1v) is 7.80. The fraction of sp³-hybridized carbons (Fsp3) is 0.455. The van der Waals surface area contributed by atoms with Crippen molar-refractivity contribution >= 4 is 10.0 Å². The molecule has 2 rings (SSSR count). The summed E-state index contributed by atoms with van der Waals surface area (Å²) >= 11 is 0. The van der Waals surface area contributed by atoms with E-state index >= 15 is 0 Å². The lowest BCUT2D eigenvalue weighted by Gasteiger charge is -2.03. The first-order valence-electron chi connectivity index (χ1n) is 6.32. The SMILES string of the molecule is CCNCCn1cc(S(=O)(=O)NCc2cnc[nH]2)cn1. The number of likely N-dealkylation sites (N-methyl/N-ethyl adjacent to an activating group) is 1. The number of nitrogens with one attached hydrogen (secondary N) is 3. The fourth-order valence-corrected chi connectivity index (χ4v) is 2.57. The maximum Gasteiger partial charge on any atom is 0.244 e. The number of nitrogens with zero attached hydrogens (tertiary/aromatic N) is 3. The fourth-order valence-electron chi connectivity index (χ4n) is 1.61. The molecule has 0 aliphatic rings. The third kappa shape index (κ3) is 3.89. The van der Waals surface area contributed by atoms with Crippen LogP contribution in [-0.2, 0) is 23.1 Å². The minimum atomic E-state index is -3.55. The topological polar surface area (TPSA) is 105 Å². The molecule has 20 heavy (non-hydrogen) atoms. The summed E-state index contributed by atoms with van der Waals surface area (Å²) < 4.78 is 28.2. The molecule has 0 amide bonds. The van der Waals surface area contributed by atoms with E-state index in [2.05, 4.69) is 25.1 Å². The van der Waals surface area contributed by atoms with Gasteiger partial charge in [-0.05, 0) is 6.54 Å². The van der Waals surface area contributed by atoms with Gasteiger partial charge in [-0.15, -0.1) is 0 Å². The molecule has 0 radical (unpaired) electrons. The van der Waals surface area contributed by atoms with Crippen LogP contribution in [0.15, 0.2) is 29.8 Å². The number of hydrogen-bond donors (Lipinski definition) is 3. The van der Waals surface area contributed by atoms with Gasteiger partial charge in [0, 0.05) is 24.6 Å². The van der Waals surface area contributed by atoms with Gasteiger partial charge >= 0.3 is 0 Å². The van der Waals surface area contributed by atoms with Crippen LogP contribution in [0.3, 0.4) is 0 Å². The van der Waals surface area contributed by atoms with Gasteiger partial charge in [-0.2, -0.15) is 5.10 Å². The normalized spacial score (nSPS) is 11.8. The Morgan fingerprint density at radius 2 is 2.25 bits per heavy atom. The molecule has 9 heteroatoms. The Morgan fingerprint density at radius 1 is 1.40 bits per heavy atom. The van der Waals surface area contributed by atoms with Crippen molar-refractivity contribution in [3.8, 4) is 0 Å². The van der Waals surface area contributed by atoms with Crippen molar-refractivity contribution in [1.29, 1.82) is 0 Å². The summed E-state index contributed by atoms with van der Waals surface area (Å²) in [5, 5.41) is 7.19. The molecule has 0 aromatic carbocycles. The molecule has 0 aliphatic carbocycles. The number of sulfonamides is 1. The average Bonchev–Trinajstić information content (AvgIpc) is 3.08. The molecule has 0 fully saturated rings. The van der Waals surface area contributed by atoms with E-state index in [0.717, 1.165) is 13.1 Å². The molecule has 0 aliphatic heterocycles. The van der Waals surface area contributed by atoms with Crippen LogP contribution in [0.1, 0.15) is 12.6 Å². The van der Waals surface area contributed by atoms with Gasteiger partial charge in [0.1, 0.15) is 4.90 Å². The number of imidazole rings is 1. The second-order valence-corrected chi connectivity index (χ2v) is 5.96. The Morgan fingerprint density at radius 3 is 2.95 bits per heavy atom. The molecule has 3 N–H and O–H groups in total. The Bertz CT molecular complexity index is 619. The van der Waals surface area contributed by atoms with Crippen molar-refractivity contribution in [3.05, 3.63) is 30.6 Å². The van der Waals surface area contributed by atoms with E-state index in [9.17, 15) is 8.42 Å². The van der Waals surface area contributed by atoms with Gasteiger partial charge in [-0.25, -0.2) is 18.1 Å². The zero-order chi connectivity index (χ0) is 14.4. The molecule has 8 nitrogen and oxygen atoms in total. The molecule has 0 saturated heterocycles. The predicted octanol–water partition coefficient (Wildman–Crippen LogP) is -0.306. The van der Waals surface area contributed by atoms with E-state index in [0.29, 0.717) is 12.2 Å². The molecule has 2 aromatic rings. The first kappa shape index (κ1) is 14.7. The molecule has 0 saturated carbocycles. The summed E-state index contributed by atoms with van der Waals surface area (Å²) in [5.74, 6) is 0. The van der Waals surface area contributed by atoms with Crippen LogP contribution in [0.2, 0.25) is 0 Å². The highest BCUT2D eigenvalue weighted by atomic mass is 32.2. The molecule has 2 aromatic heterocycles. The van der Waals surface area contributed by atoms with Gasteiger partial charge in [0.05, 0.1) is 25.6 Å². The molecule has 0 atom stereocenters. The molecule has 2 heterocycles. The number of H-pyrrole nitrogens is 1. The Labute approximate surface area is 117 Å². The Balaban J connectivity index is 1.95. The minimum Gasteiger partial charge on any atom is -0.347 e. The van der Waals surface area contributed by atoms with Gasteiger partial charge < -0.3 is 10.3 Å². The highest BCUT2D eigenvalue weighted by molar-refractivity contribution is 7.89. The highest BCUT2D eigenvalue weighted by Gasteiger charge is 2.16. The standard InChI is InChI=1S/C11H18N6O2S/c1-2-12-3-4-17-8-11(7-15-17)20(18,19)16-6-10-5-13-9-14-10/h5,7-9,12,16H,2-4,6H2,1H3,(H,13,14). The summed E-state index contributed by atoms with van der Waals surface area (Å²) in [7, 11) is -3.55. The zero-order valence-electron chi connectivity index (χ0n) is 11.2. The lowest BCUT2D eigenvalue weighted by atomic mass is 10.5. The number of hydrogen-bond acceptors (Lipinski definition) is 5. The second kappa shape index (κ2) is 6.64. The summed E-state index contributed by atoms with van der Waals surface area (Å²) in [5.41, 5.74) is 0.702. The number of rotatable bonds is 8. The quantitative estimate of drug-likeness (QED) is 0.580. The maximum atomic E-state index is 12.1. The van der Waals surface area contributed by atoms with Crippen LogP contribution in [0.4, 0.5) is 0 Å². The molecule has 0 unspecified atom stereocenters. The van der Waals surface area contributed by atoms with Gasteiger partial charge in [-0.1, -0.05) is 6.92 Å². The molecule has 110 valence electrons. The summed E-state index contributed by atoms with van der Waals surface area (Å²) in [4.78, 5) is 6.82. The van der Waals surface area contributed by atoms with E-state index in [-0.39, 0.29) is 11.4 Å². The highest BCUT2D eigenvalue weighted by Crippen LogP contribution is 2.07. The van der Waals surface area contributed by atoms with Gasteiger partial charge in [-0.3, -0.25) is 4.68 Å². The molecular formula is C11H18N6O2S. The van der Waals surface area contributed by atoms with Crippen molar-refractivity contribution in [3.63, 3.8) is 0 Å². The molecule has 0 bridgehead atoms. The van der Waals surface area contributed by atoms with Gasteiger partial charge in [0.15, 0.2) is 0 Å².